The molecule has 2 heterocycles. The lowest BCUT2D eigenvalue weighted by Crippen LogP contribution is -2.11. The van der Waals surface area contributed by atoms with Gasteiger partial charge in [0.1, 0.15) is 12.0 Å². The highest BCUT2D eigenvalue weighted by atomic mass is 32.2. The number of phenolic OH excluding ortho intramolecular Hbond substituents is 1. The maximum absolute atomic E-state index is 12.6. The number of anilines is 1. The van der Waals surface area contributed by atoms with Gasteiger partial charge in [0.2, 0.25) is 17.1 Å². The van der Waals surface area contributed by atoms with E-state index >= 15 is 0 Å². The molecule has 0 atom stereocenters. The summed E-state index contributed by atoms with van der Waals surface area (Å²) in [5, 5.41) is 12.6. The molecule has 0 aliphatic carbocycles. The van der Waals surface area contributed by atoms with Crippen molar-refractivity contribution in [3.8, 4) is 28.4 Å². The Morgan fingerprint density at radius 2 is 1.70 bits per heavy atom. The second-order valence-corrected chi connectivity index (χ2v) is 10.1. The molecule has 6 aromatic rings. The quantitative estimate of drug-likeness (QED) is 0.184. The van der Waals surface area contributed by atoms with Crippen LogP contribution in [0, 0.1) is 0 Å². The summed E-state index contributed by atoms with van der Waals surface area (Å²) in [5.41, 5.74) is 2.85. The van der Waals surface area contributed by atoms with Gasteiger partial charge in [-0.1, -0.05) is 42.1 Å². The van der Waals surface area contributed by atoms with Crippen molar-refractivity contribution in [2.45, 2.75) is 9.79 Å². The number of aromatic hydroxyl groups is 1. The van der Waals surface area contributed by atoms with Gasteiger partial charge in [0.05, 0.1) is 43.3 Å². The average molecular weight is 598 g/mol. The monoisotopic (exact) mass is 597 g/mol. The van der Waals surface area contributed by atoms with Crippen LogP contribution in [0.4, 0.5) is 10.7 Å². The zero-order valence-corrected chi connectivity index (χ0v) is 24.2. The van der Waals surface area contributed by atoms with Crippen LogP contribution < -0.4 is 20.2 Å². The summed E-state index contributed by atoms with van der Waals surface area (Å²) in [6.07, 6.45) is 0.821. The fourth-order valence-electron chi connectivity index (χ4n) is 4.22. The molecule has 0 aliphatic heterocycles. The highest BCUT2D eigenvalue weighted by Gasteiger charge is 2.15. The summed E-state index contributed by atoms with van der Waals surface area (Å²) in [5.74, 6) is 1.16. The maximum Gasteiger partial charge on any atom is 0.413 e. The van der Waals surface area contributed by atoms with Gasteiger partial charge in [-0.15, -0.1) is 0 Å². The van der Waals surface area contributed by atoms with Crippen LogP contribution in [-0.2, 0) is 4.74 Å². The third-order valence-corrected chi connectivity index (χ3v) is 7.32. The Morgan fingerprint density at radius 1 is 0.930 bits per heavy atom. The first-order valence-corrected chi connectivity index (χ1v) is 13.8. The van der Waals surface area contributed by atoms with Crippen LogP contribution in [-0.4, -0.2) is 42.5 Å². The van der Waals surface area contributed by atoms with E-state index in [1.807, 2.05) is 36.4 Å². The largest absolute Gasteiger partial charge is 0.504 e. The number of methoxy groups -OCH3 is 3. The second kappa shape index (κ2) is 13.0. The highest BCUT2D eigenvalue weighted by Crippen LogP contribution is 2.34. The number of nitrogens with zero attached hydrogens (tertiary/aromatic N) is 1. The summed E-state index contributed by atoms with van der Waals surface area (Å²) < 4.78 is 20.3. The molecule has 0 saturated carbocycles. The number of hydrogen-bond acceptors (Lipinski definition) is 9. The van der Waals surface area contributed by atoms with Crippen LogP contribution in [0.2, 0.25) is 0 Å². The summed E-state index contributed by atoms with van der Waals surface area (Å²) in [6.45, 7) is 0. The number of phenols is 1. The Morgan fingerprint density at radius 3 is 2.40 bits per heavy atom. The predicted octanol–water partition coefficient (Wildman–Crippen LogP) is 7.08. The Bertz CT molecular complexity index is 1940. The number of hydrogen-bond donors (Lipinski definition) is 3. The van der Waals surface area contributed by atoms with E-state index in [1.165, 1.54) is 37.5 Å². The van der Waals surface area contributed by atoms with Gasteiger partial charge in [-0.25, -0.2) is 9.78 Å². The van der Waals surface area contributed by atoms with E-state index in [1.54, 1.807) is 43.1 Å². The normalized spacial score (nSPS) is 10.6. The van der Waals surface area contributed by atoms with Crippen molar-refractivity contribution in [3.63, 3.8) is 0 Å². The molecule has 0 saturated heterocycles. The van der Waals surface area contributed by atoms with Crippen LogP contribution in [0.25, 0.3) is 33.1 Å². The molecular weight excluding hydrogens is 570 g/mol. The predicted molar refractivity (Wildman–Crippen MR) is 165 cm³/mol. The highest BCUT2D eigenvalue weighted by molar-refractivity contribution is 7.99. The molecule has 0 aliphatic rings. The fourth-order valence-corrected chi connectivity index (χ4v) is 5.09. The van der Waals surface area contributed by atoms with Crippen LogP contribution in [0.3, 0.4) is 0 Å². The van der Waals surface area contributed by atoms with Crippen LogP contribution in [0.1, 0.15) is 0 Å². The molecule has 218 valence electrons. The van der Waals surface area contributed by atoms with Crippen molar-refractivity contribution in [1.82, 2.24) is 9.97 Å². The molecule has 3 N–H and O–H groups in total. The van der Waals surface area contributed by atoms with Gasteiger partial charge in [-0.3, -0.25) is 10.1 Å². The van der Waals surface area contributed by atoms with Gasteiger partial charge in [0.25, 0.3) is 0 Å². The van der Waals surface area contributed by atoms with Gasteiger partial charge in [-0.2, -0.15) is 0 Å². The number of aromatic nitrogens is 2. The number of amides is 1. The number of carbonyl (C=O) groups excluding carboxylic acids is 1. The molecule has 11 heteroatoms. The summed E-state index contributed by atoms with van der Waals surface area (Å²) >= 11 is 1.67. The first-order valence-electron chi connectivity index (χ1n) is 12.9. The number of fused-ring (bicyclic) bond motifs is 2. The van der Waals surface area contributed by atoms with E-state index in [-0.39, 0.29) is 22.5 Å². The van der Waals surface area contributed by atoms with Crippen LogP contribution in [0.5, 0.6) is 17.2 Å². The SMILES string of the molecule is COC(=O)Nc1nc2ccc(Sc3ccccc3)cc2[nH]1.COc1ccc(-c2coc3c(OC)c(O)ccc3c2=O)cc1. The molecule has 10 nitrogen and oxygen atoms in total. The van der Waals surface area contributed by atoms with Crippen molar-refractivity contribution in [2.75, 3.05) is 26.6 Å². The standard InChI is InChI=1S/C17H14O5.C15H13N3O2S/c1-20-11-5-3-10(4-6-11)13-9-22-16-12(15(13)19)7-8-14(18)17(16)21-2;1-20-15(19)18-14-16-12-8-7-11(9-13(12)17-14)21-10-5-3-2-4-6-10/h3-9,18H,1-2H3;2-9H,1H3,(H2,16,17,18,19). The van der Waals surface area contributed by atoms with Crippen LogP contribution in [0.15, 0.2) is 110 Å². The Hall–Kier alpha value is -5.42. The van der Waals surface area contributed by atoms with Crippen LogP contribution >= 0.6 is 11.8 Å². The summed E-state index contributed by atoms with van der Waals surface area (Å²) in [7, 11) is 4.30. The number of aromatic amines is 1. The Kier molecular flexibility index (Phi) is 8.82. The molecule has 0 radical (unpaired) electrons. The first-order chi connectivity index (χ1) is 20.9. The number of nitrogens with one attached hydrogen (secondary N) is 2. The zero-order chi connectivity index (χ0) is 30.3. The molecule has 0 spiro atoms. The smallest absolute Gasteiger partial charge is 0.413 e. The lowest BCUT2D eigenvalue weighted by molar-refractivity contribution is 0.186. The minimum Gasteiger partial charge on any atom is -0.504 e. The van der Waals surface area contributed by atoms with E-state index in [2.05, 4.69) is 32.2 Å². The molecule has 2 aromatic heterocycles. The zero-order valence-electron chi connectivity index (χ0n) is 23.4. The Labute approximate surface area is 250 Å². The maximum atomic E-state index is 12.6. The lowest BCUT2D eigenvalue weighted by Gasteiger charge is -2.08. The van der Waals surface area contributed by atoms with E-state index in [4.69, 9.17) is 13.9 Å². The van der Waals surface area contributed by atoms with E-state index in [0.29, 0.717) is 22.6 Å². The van der Waals surface area contributed by atoms with E-state index < -0.39 is 6.09 Å². The molecule has 0 fully saturated rings. The molecule has 0 bridgehead atoms. The summed E-state index contributed by atoms with van der Waals surface area (Å²) in [4.78, 5) is 33.4. The molecule has 0 unspecified atom stereocenters. The summed E-state index contributed by atoms with van der Waals surface area (Å²) in [6, 6.07) is 26.1. The topological polar surface area (TPSA) is 136 Å². The van der Waals surface area contributed by atoms with Crippen molar-refractivity contribution in [2.24, 2.45) is 0 Å². The van der Waals surface area contributed by atoms with Crippen molar-refractivity contribution in [3.05, 3.63) is 101 Å². The number of imidazole rings is 1. The first kappa shape index (κ1) is 29.1. The Balaban J connectivity index is 0.000000171. The number of H-pyrrole nitrogens is 1. The number of carbonyl (C=O) groups is 1. The van der Waals surface area contributed by atoms with Gasteiger partial charge in [0, 0.05) is 9.79 Å². The molecule has 1 amide bonds. The van der Waals surface area contributed by atoms with E-state index in [0.717, 1.165) is 21.5 Å². The molecule has 4 aromatic carbocycles. The fraction of sp³-hybridized carbons (Fsp3) is 0.0938. The average Bonchev–Trinajstić information content (AvgIpc) is 3.43. The minimum atomic E-state index is -0.548. The number of benzene rings is 4. The second-order valence-electron chi connectivity index (χ2n) is 9.00. The van der Waals surface area contributed by atoms with E-state index in [9.17, 15) is 14.7 Å². The van der Waals surface area contributed by atoms with Crippen molar-refractivity contribution >= 4 is 45.8 Å². The number of ether oxygens (including phenoxy) is 3. The number of rotatable bonds is 6. The third-order valence-electron chi connectivity index (χ3n) is 6.32. The molecular formula is C32H27N3O7S. The van der Waals surface area contributed by atoms with Crippen molar-refractivity contribution < 1.29 is 28.5 Å². The lowest BCUT2D eigenvalue weighted by atomic mass is 10.1. The molecule has 6 rings (SSSR count). The van der Waals surface area contributed by atoms with Gasteiger partial charge in [-0.05, 0) is 60.2 Å². The third kappa shape index (κ3) is 6.57. The minimum absolute atomic E-state index is 0.0738. The van der Waals surface area contributed by atoms with Gasteiger partial charge >= 0.3 is 6.09 Å². The van der Waals surface area contributed by atoms with Crippen molar-refractivity contribution in [1.29, 1.82) is 0 Å². The van der Waals surface area contributed by atoms with Gasteiger partial charge in [0.15, 0.2) is 11.3 Å². The van der Waals surface area contributed by atoms with Gasteiger partial charge < -0.3 is 28.7 Å². The molecule has 43 heavy (non-hydrogen) atoms.